The van der Waals surface area contributed by atoms with E-state index in [1.807, 2.05) is 0 Å². The van der Waals surface area contributed by atoms with Crippen molar-refractivity contribution >= 4 is 11.2 Å². The van der Waals surface area contributed by atoms with E-state index in [1.165, 1.54) is 18.5 Å². The molecular weight excluding hydrogens is 392 g/mol. The molecule has 0 unspecified atom stereocenters. The van der Waals surface area contributed by atoms with Gasteiger partial charge in [-0.2, -0.15) is 9.37 Å². The Morgan fingerprint density at radius 2 is 1.72 bits per heavy atom. The Bertz CT molecular complexity index is 1280. The monoisotopic (exact) mass is 404 g/mol. The zero-order valence-corrected chi connectivity index (χ0v) is 14.9. The molecule has 2 heterocycles. The molecule has 0 aliphatic carbocycles. The van der Waals surface area contributed by atoms with Gasteiger partial charge >= 0.3 is 6.01 Å². The first-order valence-electron chi connectivity index (χ1n) is 8.46. The minimum atomic E-state index is -1.72. The van der Waals surface area contributed by atoms with Gasteiger partial charge in [-0.3, -0.25) is 4.79 Å². The third kappa shape index (κ3) is 3.12. The molecule has 0 bridgehead atoms. The van der Waals surface area contributed by atoms with Gasteiger partial charge < -0.3 is 9.30 Å². The van der Waals surface area contributed by atoms with Gasteiger partial charge in [0.2, 0.25) is 5.82 Å². The van der Waals surface area contributed by atoms with Crippen LogP contribution < -0.4 is 10.3 Å². The van der Waals surface area contributed by atoms with Crippen molar-refractivity contribution in [2.75, 3.05) is 0 Å². The maximum absolute atomic E-state index is 14.1. The third-order valence-corrected chi connectivity index (χ3v) is 4.24. The Balaban J connectivity index is 1.98. The summed E-state index contributed by atoms with van der Waals surface area (Å²) >= 11 is 0. The molecule has 0 radical (unpaired) electrons. The van der Waals surface area contributed by atoms with Crippen LogP contribution in [-0.2, 0) is 6.54 Å². The van der Waals surface area contributed by atoms with Crippen LogP contribution in [-0.4, -0.2) is 19.1 Å². The molecule has 10 heteroatoms. The lowest BCUT2D eigenvalue weighted by Crippen LogP contribution is -2.22. The first kappa shape index (κ1) is 18.7. The lowest BCUT2D eigenvalue weighted by atomic mass is 10.3. The summed E-state index contributed by atoms with van der Waals surface area (Å²) in [5.74, 6) is -5.90. The second kappa shape index (κ2) is 7.04. The van der Waals surface area contributed by atoms with Gasteiger partial charge in [0.25, 0.3) is 5.56 Å². The number of fused-ring (bicyclic) bond motifs is 1. The van der Waals surface area contributed by atoms with Crippen LogP contribution in [0.4, 0.5) is 17.6 Å². The Kier molecular flexibility index (Phi) is 4.53. The highest BCUT2D eigenvalue weighted by molar-refractivity contribution is 5.70. The van der Waals surface area contributed by atoms with E-state index in [1.54, 1.807) is 11.5 Å². The Morgan fingerprint density at radius 1 is 1.00 bits per heavy atom. The van der Waals surface area contributed by atoms with Crippen molar-refractivity contribution in [2.24, 2.45) is 0 Å². The second-order valence-electron chi connectivity index (χ2n) is 5.99. The molecule has 2 aromatic heterocycles. The fourth-order valence-electron chi connectivity index (χ4n) is 2.78. The van der Waals surface area contributed by atoms with Crippen molar-refractivity contribution in [1.29, 1.82) is 0 Å². The summed E-state index contributed by atoms with van der Waals surface area (Å²) in [6, 6.07) is 5.93. The van der Waals surface area contributed by atoms with Crippen LogP contribution in [0.3, 0.4) is 0 Å². The van der Waals surface area contributed by atoms with Crippen molar-refractivity contribution in [3.05, 3.63) is 76.3 Å². The molecule has 29 heavy (non-hydrogen) atoms. The van der Waals surface area contributed by atoms with Crippen LogP contribution in [0.5, 0.6) is 11.8 Å². The molecule has 0 spiro atoms. The number of nitrogens with zero attached hydrogens (tertiary/aromatic N) is 4. The number of benzene rings is 2. The summed E-state index contributed by atoms with van der Waals surface area (Å²) in [4.78, 5) is 21.3. The molecule has 0 fully saturated rings. The molecule has 4 rings (SSSR count). The van der Waals surface area contributed by atoms with Crippen LogP contribution in [0, 0.1) is 23.3 Å². The van der Waals surface area contributed by atoms with Gasteiger partial charge in [0.05, 0.1) is 12.0 Å². The highest BCUT2D eigenvalue weighted by atomic mass is 19.2. The molecule has 0 amide bonds. The van der Waals surface area contributed by atoms with Gasteiger partial charge in [0.15, 0.2) is 28.5 Å². The molecule has 0 atom stereocenters. The van der Waals surface area contributed by atoms with Crippen LogP contribution >= 0.6 is 0 Å². The molecular formula is C19H12F4N4O2. The molecule has 4 aromatic rings. The maximum atomic E-state index is 14.1. The fourth-order valence-corrected chi connectivity index (χ4v) is 2.78. The first-order valence-corrected chi connectivity index (χ1v) is 8.46. The van der Waals surface area contributed by atoms with Gasteiger partial charge in [-0.05, 0) is 43.3 Å². The van der Waals surface area contributed by atoms with E-state index in [0.717, 1.165) is 22.8 Å². The lowest BCUT2D eigenvalue weighted by molar-refractivity contribution is 0.371. The molecule has 0 N–H and O–H groups in total. The predicted molar refractivity (Wildman–Crippen MR) is 95.1 cm³/mol. The quantitative estimate of drug-likeness (QED) is 0.382. The summed E-state index contributed by atoms with van der Waals surface area (Å²) in [5, 5.41) is 0. The van der Waals surface area contributed by atoms with Crippen molar-refractivity contribution in [1.82, 2.24) is 19.1 Å². The number of imidazole rings is 1. The third-order valence-electron chi connectivity index (χ3n) is 4.24. The Morgan fingerprint density at radius 3 is 2.41 bits per heavy atom. The molecule has 6 nitrogen and oxygen atoms in total. The van der Waals surface area contributed by atoms with Crippen LogP contribution in [0.2, 0.25) is 0 Å². The zero-order valence-electron chi connectivity index (χ0n) is 14.9. The highest BCUT2D eigenvalue weighted by Gasteiger charge is 2.21. The minimum Gasteiger partial charge on any atom is -0.422 e. The van der Waals surface area contributed by atoms with E-state index >= 15 is 0 Å². The largest absolute Gasteiger partial charge is 0.422 e. The van der Waals surface area contributed by atoms with Crippen LogP contribution in [0.1, 0.15) is 6.92 Å². The number of halogens is 4. The number of aromatic nitrogens is 4. The van der Waals surface area contributed by atoms with E-state index in [2.05, 4.69) is 9.97 Å². The summed E-state index contributed by atoms with van der Waals surface area (Å²) in [6.45, 7) is 2.23. The SMILES string of the molecule is CCn1cnc2c(=O)n(-c3ccc(F)cc3)c(Oc3ccc(F)c(F)c3F)nc21. The summed E-state index contributed by atoms with van der Waals surface area (Å²) in [6.07, 6.45) is 1.40. The van der Waals surface area contributed by atoms with Crippen LogP contribution in [0.25, 0.3) is 16.9 Å². The van der Waals surface area contributed by atoms with Crippen molar-refractivity contribution in [3.63, 3.8) is 0 Å². The van der Waals surface area contributed by atoms with E-state index in [9.17, 15) is 22.4 Å². The summed E-state index contributed by atoms with van der Waals surface area (Å²) in [7, 11) is 0. The molecule has 0 saturated heterocycles. The maximum Gasteiger partial charge on any atom is 0.311 e. The standard InChI is InChI=1S/C19H12F4N4O2/c1-2-26-9-24-16-17(26)25-19(29-13-8-7-12(21)14(22)15(13)23)27(18(16)28)11-5-3-10(20)4-6-11/h3-9H,2H2,1H3. The van der Waals surface area contributed by atoms with E-state index < -0.39 is 40.6 Å². The Hall–Kier alpha value is -3.69. The summed E-state index contributed by atoms with van der Waals surface area (Å²) in [5.41, 5.74) is -0.329. The van der Waals surface area contributed by atoms with Crippen LogP contribution in [0.15, 0.2) is 47.5 Å². The molecule has 0 aliphatic heterocycles. The predicted octanol–water partition coefficient (Wildman–Crippen LogP) is 3.95. The molecule has 2 aromatic carbocycles. The van der Waals surface area contributed by atoms with E-state index in [-0.39, 0.29) is 16.9 Å². The van der Waals surface area contributed by atoms with Gasteiger partial charge in [0, 0.05) is 6.54 Å². The summed E-state index contributed by atoms with van der Waals surface area (Å²) < 4.78 is 62.1. The first-order chi connectivity index (χ1) is 13.9. The van der Waals surface area contributed by atoms with E-state index in [0.29, 0.717) is 12.6 Å². The van der Waals surface area contributed by atoms with E-state index in [4.69, 9.17) is 4.74 Å². The molecule has 0 saturated carbocycles. The zero-order chi connectivity index (χ0) is 20.7. The van der Waals surface area contributed by atoms with Crippen molar-refractivity contribution in [2.45, 2.75) is 13.5 Å². The number of hydrogen-bond acceptors (Lipinski definition) is 4. The van der Waals surface area contributed by atoms with Crippen molar-refractivity contribution in [3.8, 4) is 17.4 Å². The van der Waals surface area contributed by atoms with Gasteiger partial charge in [-0.15, -0.1) is 0 Å². The lowest BCUT2D eigenvalue weighted by Gasteiger charge is -2.14. The van der Waals surface area contributed by atoms with Crippen molar-refractivity contribution < 1.29 is 22.3 Å². The fraction of sp³-hybridized carbons (Fsp3) is 0.105. The molecule has 0 aliphatic rings. The average Bonchev–Trinajstić information content (AvgIpc) is 3.13. The average molecular weight is 404 g/mol. The number of rotatable bonds is 4. The normalized spacial score (nSPS) is 11.2. The topological polar surface area (TPSA) is 61.9 Å². The molecule has 148 valence electrons. The Labute approximate surface area is 160 Å². The smallest absolute Gasteiger partial charge is 0.311 e. The van der Waals surface area contributed by atoms with Gasteiger partial charge in [-0.1, -0.05) is 0 Å². The highest BCUT2D eigenvalue weighted by Crippen LogP contribution is 2.28. The number of hydrogen-bond donors (Lipinski definition) is 0. The number of ether oxygens (including phenoxy) is 1. The van der Waals surface area contributed by atoms with Gasteiger partial charge in [-0.25, -0.2) is 22.7 Å². The van der Waals surface area contributed by atoms with Gasteiger partial charge in [0.1, 0.15) is 5.82 Å². The minimum absolute atomic E-state index is 0.00860. The second-order valence-corrected chi connectivity index (χ2v) is 5.99. The number of aryl methyl sites for hydroxylation is 1.